The first-order valence-electron chi connectivity index (χ1n) is 7.89. The average molecular weight is 383 g/mol. The van der Waals surface area contributed by atoms with E-state index in [0.29, 0.717) is 0 Å². The number of thiophene rings is 1. The van der Waals surface area contributed by atoms with Gasteiger partial charge in [0.05, 0.1) is 5.39 Å². The largest absolute Gasteiger partial charge is 0.229 e. The highest BCUT2D eigenvalue weighted by Gasteiger charge is 2.16. The molecule has 0 saturated heterocycles. The van der Waals surface area contributed by atoms with Crippen molar-refractivity contribution in [3.8, 4) is 11.1 Å². The molecule has 0 aliphatic heterocycles. The smallest absolute Gasteiger partial charge is 0.128 e. The number of fused-ring (bicyclic) bond motifs is 1. The summed E-state index contributed by atoms with van der Waals surface area (Å²) in [6.07, 6.45) is 1.66. The van der Waals surface area contributed by atoms with Gasteiger partial charge >= 0.3 is 0 Å². The van der Waals surface area contributed by atoms with Crippen LogP contribution in [-0.4, -0.2) is 9.97 Å². The van der Waals surface area contributed by atoms with E-state index in [1.165, 1.54) is 21.6 Å². The second-order valence-electron chi connectivity index (χ2n) is 5.67. The SMILES string of the molecule is Cc1sc2ncnc(SCc3ccc(Cl)cc3)c2c1-c1ccccc1. The predicted octanol–water partition coefficient (Wildman–Crippen LogP) is 6.61. The van der Waals surface area contributed by atoms with Crippen molar-refractivity contribution in [2.45, 2.75) is 17.7 Å². The Balaban J connectivity index is 1.75. The van der Waals surface area contributed by atoms with E-state index in [-0.39, 0.29) is 0 Å². The van der Waals surface area contributed by atoms with Gasteiger partial charge in [-0.3, -0.25) is 0 Å². The van der Waals surface area contributed by atoms with Crippen molar-refractivity contribution < 1.29 is 0 Å². The molecule has 0 aliphatic rings. The molecule has 0 unspecified atom stereocenters. The number of benzene rings is 2. The highest BCUT2D eigenvalue weighted by atomic mass is 35.5. The van der Waals surface area contributed by atoms with Gasteiger partial charge in [0.15, 0.2) is 0 Å². The molecule has 124 valence electrons. The molecule has 0 amide bonds. The summed E-state index contributed by atoms with van der Waals surface area (Å²) in [6.45, 7) is 2.16. The summed E-state index contributed by atoms with van der Waals surface area (Å²) in [4.78, 5) is 11.4. The lowest BCUT2D eigenvalue weighted by Crippen LogP contribution is -1.88. The monoisotopic (exact) mass is 382 g/mol. The van der Waals surface area contributed by atoms with E-state index in [1.807, 2.05) is 18.2 Å². The van der Waals surface area contributed by atoms with E-state index in [9.17, 15) is 0 Å². The summed E-state index contributed by atoms with van der Waals surface area (Å²) in [5.41, 5.74) is 3.70. The first-order valence-corrected chi connectivity index (χ1v) is 10.1. The highest BCUT2D eigenvalue weighted by molar-refractivity contribution is 7.98. The van der Waals surface area contributed by atoms with Crippen LogP contribution in [0.3, 0.4) is 0 Å². The van der Waals surface area contributed by atoms with Crippen LogP contribution in [0.15, 0.2) is 66.0 Å². The van der Waals surface area contributed by atoms with Gasteiger partial charge in [0.25, 0.3) is 0 Å². The fraction of sp³-hybridized carbons (Fsp3) is 0.100. The van der Waals surface area contributed by atoms with Gasteiger partial charge in [-0.2, -0.15) is 0 Å². The van der Waals surface area contributed by atoms with E-state index in [4.69, 9.17) is 11.6 Å². The Labute approximate surface area is 159 Å². The summed E-state index contributed by atoms with van der Waals surface area (Å²) < 4.78 is 0. The Kier molecular flexibility index (Phi) is 4.75. The molecule has 0 radical (unpaired) electrons. The number of rotatable bonds is 4. The van der Waals surface area contributed by atoms with Crippen molar-refractivity contribution in [3.05, 3.63) is 76.4 Å². The Morgan fingerprint density at radius 2 is 1.76 bits per heavy atom. The molecule has 0 aliphatic carbocycles. The molecule has 2 heterocycles. The van der Waals surface area contributed by atoms with Gasteiger partial charge in [-0.05, 0) is 30.2 Å². The Morgan fingerprint density at radius 3 is 2.52 bits per heavy atom. The van der Waals surface area contributed by atoms with Crippen LogP contribution < -0.4 is 0 Å². The molecule has 0 saturated carbocycles. The van der Waals surface area contributed by atoms with E-state index < -0.39 is 0 Å². The molecule has 0 N–H and O–H groups in total. The maximum atomic E-state index is 5.97. The molecule has 0 bridgehead atoms. The van der Waals surface area contributed by atoms with Crippen LogP contribution in [0.2, 0.25) is 5.02 Å². The number of hydrogen-bond acceptors (Lipinski definition) is 4. The fourth-order valence-corrected chi connectivity index (χ4v) is 4.98. The molecule has 0 atom stereocenters. The van der Waals surface area contributed by atoms with Crippen molar-refractivity contribution in [1.29, 1.82) is 0 Å². The van der Waals surface area contributed by atoms with Crippen LogP contribution in [-0.2, 0) is 5.75 Å². The minimum Gasteiger partial charge on any atom is -0.229 e. The third-order valence-corrected chi connectivity index (χ3v) is 6.31. The lowest BCUT2D eigenvalue weighted by molar-refractivity contribution is 1.11. The van der Waals surface area contributed by atoms with Crippen LogP contribution in [0.1, 0.15) is 10.4 Å². The highest BCUT2D eigenvalue weighted by Crippen LogP contribution is 2.41. The van der Waals surface area contributed by atoms with Crippen LogP contribution in [0.4, 0.5) is 0 Å². The van der Waals surface area contributed by atoms with Crippen molar-refractivity contribution in [3.63, 3.8) is 0 Å². The maximum absolute atomic E-state index is 5.97. The molecular formula is C20H15ClN2S2. The summed E-state index contributed by atoms with van der Waals surface area (Å²) in [5.74, 6) is 0.854. The van der Waals surface area contributed by atoms with Gasteiger partial charge in [0.1, 0.15) is 16.2 Å². The van der Waals surface area contributed by atoms with E-state index in [0.717, 1.165) is 26.0 Å². The quantitative estimate of drug-likeness (QED) is 0.293. The fourth-order valence-electron chi connectivity index (χ4n) is 2.81. The summed E-state index contributed by atoms with van der Waals surface area (Å²) in [5, 5.41) is 2.95. The molecule has 2 nitrogen and oxygen atoms in total. The standard InChI is InChI=1S/C20H15ClN2S2/c1-13-17(15-5-3-2-4-6-15)18-19(22-12-23-20(18)25-13)24-11-14-7-9-16(21)10-8-14/h2-10,12H,11H2,1H3. The molecule has 2 aromatic heterocycles. The van der Waals surface area contributed by atoms with E-state index in [2.05, 4.69) is 53.3 Å². The molecule has 0 spiro atoms. The van der Waals surface area contributed by atoms with Crippen LogP contribution >= 0.6 is 34.7 Å². The van der Waals surface area contributed by atoms with Crippen molar-refractivity contribution in [2.75, 3.05) is 0 Å². The van der Waals surface area contributed by atoms with E-state index in [1.54, 1.807) is 29.4 Å². The Bertz CT molecular complexity index is 1010. The van der Waals surface area contributed by atoms with Crippen molar-refractivity contribution in [1.82, 2.24) is 9.97 Å². The minimum atomic E-state index is 0.762. The zero-order valence-corrected chi connectivity index (χ0v) is 16.0. The molecular weight excluding hydrogens is 368 g/mol. The number of hydrogen-bond donors (Lipinski definition) is 0. The first kappa shape index (κ1) is 16.6. The second kappa shape index (κ2) is 7.16. The Morgan fingerprint density at radius 1 is 1.00 bits per heavy atom. The molecule has 4 rings (SSSR count). The third-order valence-electron chi connectivity index (χ3n) is 3.98. The minimum absolute atomic E-state index is 0.762. The van der Waals surface area contributed by atoms with Gasteiger partial charge < -0.3 is 0 Å². The molecule has 0 fully saturated rings. The zero-order chi connectivity index (χ0) is 17.2. The number of aryl methyl sites for hydroxylation is 1. The lowest BCUT2D eigenvalue weighted by Gasteiger charge is -2.06. The second-order valence-corrected chi connectivity index (χ2v) is 8.28. The first-order chi connectivity index (χ1) is 12.2. The number of nitrogens with zero attached hydrogens (tertiary/aromatic N) is 2. The molecule has 5 heteroatoms. The summed E-state index contributed by atoms with van der Waals surface area (Å²) in [6, 6.07) is 18.5. The van der Waals surface area contributed by atoms with Gasteiger partial charge in [-0.15, -0.1) is 23.1 Å². The van der Waals surface area contributed by atoms with Gasteiger partial charge in [0.2, 0.25) is 0 Å². The van der Waals surface area contributed by atoms with Crippen molar-refractivity contribution >= 4 is 44.9 Å². The lowest BCUT2D eigenvalue weighted by atomic mass is 10.0. The van der Waals surface area contributed by atoms with Gasteiger partial charge in [-0.25, -0.2) is 9.97 Å². The predicted molar refractivity (Wildman–Crippen MR) is 109 cm³/mol. The summed E-state index contributed by atoms with van der Waals surface area (Å²) in [7, 11) is 0. The molecule has 25 heavy (non-hydrogen) atoms. The third kappa shape index (κ3) is 3.43. The topological polar surface area (TPSA) is 25.8 Å². The normalized spacial score (nSPS) is 11.1. The molecule has 2 aromatic carbocycles. The van der Waals surface area contributed by atoms with Crippen LogP contribution in [0.5, 0.6) is 0 Å². The van der Waals surface area contributed by atoms with Gasteiger partial charge in [-0.1, -0.05) is 54.1 Å². The maximum Gasteiger partial charge on any atom is 0.128 e. The van der Waals surface area contributed by atoms with Crippen LogP contribution in [0.25, 0.3) is 21.3 Å². The molecule has 4 aromatic rings. The zero-order valence-electron chi connectivity index (χ0n) is 13.6. The summed E-state index contributed by atoms with van der Waals surface area (Å²) >= 11 is 9.45. The van der Waals surface area contributed by atoms with Crippen LogP contribution in [0, 0.1) is 6.92 Å². The van der Waals surface area contributed by atoms with E-state index >= 15 is 0 Å². The average Bonchev–Trinajstić information content (AvgIpc) is 2.98. The van der Waals surface area contributed by atoms with Gasteiger partial charge in [0, 0.05) is 21.2 Å². The van der Waals surface area contributed by atoms with Crippen molar-refractivity contribution in [2.24, 2.45) is 0 Å². The number of halogens is 1. The number of thioether (sulfide) groups is 1. The number of aromatic nitrogens is 2. The Hall–Kier alpha value is -1.88.